The second-order valence-corrected chi connectivity index (χ2v) is 6.37. The standard InChI is InChI=1S/C13H28O3Si/c1-7-11(2)9-8-10-13(3,4)16-17-12(14-5)15-6/h7,11-12H,1,8-10,17H2,2-6H3. The molecule has 0 bridgehead atoms. The monoisotopic (exact) mass is 260 g/mol. The highest BCUT2D eigenvalue weighted by molar-refractivity contribution is 6.28. The van der Waals surface area contributed by atoms with Crippen LogP contribution in [0.2, 0.25) is 0 Å². The molecule has 0 heterocycles. The zero-order valence-electron chi connectivity index (χ0n) is 12.0. The van der Waals surface area contributed by atoms with Crippen molar-refractivity contribution in [3.8, 4) is 0 Å². The van der Waals surface area contributed by atoms with Crippen LogP contribution in [-0.2, 0) is 13.9 Å². The molecular weight excluding hydrogens is 232 g/mol. The predicted molar refractivity (Wildman–Crippen MR) is 74.7 cm³/mol. The van der Waals surface area contributed by atoms with Crippen LogP contribution in [0.5, 0.6) is 0 Å². The van der Waals surface area contributed by atoms with Crippen LogP contribution < -0.4 is 0 Å². The third-order valence-corrected chi connectivity index (χ3v) is 4.86. The summed E-state index contributed by atoms with van der Waals surface area (Å²) in [6, 6.07) is 0. The SMILES string of the molecule is C=CC(C)CCCC(C)(C)O[SiH2]C(OC)OC. The Morgan fingerprint density at radius 1 is 1.29 bits per heavy atom. The van der Waals surface area contributed by atoms with Gasteiger partial charge in [0.25, 0.3) is 0 Å². The normalized spacial score (nSPS) is 14.7. The van der Waals surface area contributed by atoms with E-state index < -0.39 is 9.76 Å². The third-order valence-electron chi connectivity index (χ3n) is 2.98. The molecule has 3 nitrogen and oxygen atoms in total. The molecule has 0 N–H and O–H groups in total. The molecule has 4 heteroatoms. The second kappa shape index (κ2) is 8.86. The molecule has 0 aliphatic heterocycles. The summed E-state index contributed by atoms with van der Waals surface area (Å²) in [5.41, 5.74) is -0.0670. The summed E-state index contributed by atoms with van der Waals surface area (Å²) in [6.45, 7) is 10.3. The van der Waals surface area contributed by atoms with E-state index in [1.54, 1.807) is 14.2 Å². The molecule has 0 rings (SSSR count). The Labute approximate surface area is 108 Å². The van der Waals surface area contributed by atoms with E-state index in [1.165, 1.54) is 12.8 Å². The van der Waals surface area contributed by atoms with Gasteiger partial charge in [-0.15, -0.1) is 6.58 Å². The van der Waals surface area contributed by atoms with Crippen molar-refractivity contribution in [1.29, 1.82) is 0 Å². The van der Waals surface area contributed by atoms with Gasteiger partial charge in [0.2, 0.25) is 9.76 Å². The summed E-state index contributed by atoms with van der Waals surface area (Å²) in [5, 5.41) is 0. The fourth-order valence-electron chi connectivity index (χ4n) is 1.57. The summed E-state index contributed by atoms with van der Waals surface area (Å²) in [5.74, 6) is 0.454. The summed E-state index contributed by atoms with van der Waals surface area (Å²) < 4.78 is 16.3. The molecule has 0 radical (unpaired) electrons. The third kappa shape index (κ3) is 8.55. The predicted octanol–water partition coefficient (Wildman–Crippen LogP) is 2.43. The van der Waals surface area contributed by atoms with Gasteiger partial charge in [-0.2, -0.15) is 0 Å². The molecule has 1 unspecified atom stereocenters. The lowest BCUT2D eigenvalue weighted by Crippen LogP contribution is -2.33. The van der Waals surface area contributed by atoms with E-state index in [9.17, 15) is 0 Å². The zero-order chi connectivity index (χ0) is 13.3. The van der Waals surface area contributed by atoms with Crippen LogP contribution in [0.1, 0.15) is 40.0 Å². The van der Waals surface area contributed by atoms with Gasteiger partial charge in [0, 0.05) is 14.2 Å². The highest BCUT2D eigenvalue weighted by atomic mass is 28.2. The molecule has 0 aromatic carbocycles. The Bertz CT molecular complexity index is 203. The molecule has 0 saturated heterocycles. The van der Waals surface area contributed by atoms with Crippen LogP contribution in [0.15, 0.2) is 12.7 Å². The maximum Gasteiger partial charge on any atom is 0.224 e. The van der Waals surface area contributed by atoms with Gasteiger partial charge in [-0.3, -0.25) is 0 Å². The van der Waals surface area contributed by atoms with E-state index in [-0.39, 0.29) is 11.5 Å². The minimum Gasteiger partial charge on any atom is -0.413 e. The number of allylic oxidation sites excluding steroid dienone is 1. The van der Waals surface area contributed by atoms with Gasteiger partial charge < -0.3 is 13.9 Å². The quantitative estimate of drug-likeness (QED) is 0.343. The van der Waals surface area contributed by atoms with Crippen molar-refractivity contribution in [2.24, 2.45) is 5.92 Å². The Hall–Kier alpha value is -0.163. The molecule has 0 saturated carbocycles. The van der Waals surface area contributed by atoms with Gasteiger partial charge in [0.1, 0.15) is 0 Å². The molecule has 0 fully saturated rings. The molecule has 0 aliphatic rings. The number of hydrogen-bond acceptors (Lipinski definition) is 3. The number of hydrogen-bond donors (Lipinski definition) is 0. The number of methoxy groups -OCH3 is 2. The summed E-state index contributed by atoms with van der Waals surface area (Å²) in [6.07, 6.45) is 5.42. The maximum atomic E-state index is 5.95. The molecule has 102 valence electrons. The van der Waals surface area contributed by atoms with Gasteiger partial charge in [-0.05, 0) is 32.6 Å². The molecule has 0 aliphatic carbocycles. The van der Waals surface area contributed by atoms with E-state index in [0.29, 0.717) is 5.92 Å². The molecule has 17 heavy (non-hydrogen) atoms. The smallest absolute Gasteiger partial charge is 0.224 e. The highest BCUT2D eigenvalue weighted by Gasteiger charge is 2.20. The van der Waals surface area contributed by atoms with Gasteiger partial charge >= 0.3 is 0 Å². The largest absolute Gasteiger partial charge is 0.413 e. The fourth-order valence-corrected chi connectivity index (χ4v) is 2.57. The molecule has 0 amide bonds. The van der Waals surface area contributed by atoms with Gasteiger partial charge in [-0.1, -0.05) is 19.4 Å². The van der Waals surface area contributed by atoms with Crippen molar-refractivity contribution in [3.05, 3.63) is 12.7 Å². The zero-order valence-corrected chi connectivity index (χ0v) is 13.4. The average molecular weight is 260 g/mol. The van der Waals surface area contributed by atoms with Crippen LogP contribution in [0.4, 0.5) is 0 Å². The fraction of sp³-hybridized carbons (Fsp3) is 0.846. The van der Waals surface area contributed by atoms with E-state index >= 15 is 0 Å². The molecule has 0 aromatic rings. The lowest BCUT2D eigenvalue weighted by atomic mass is 9.97. The average Bonchev–Trinajstić information content (AvgIpc) is 2.29. The van der Waals surface area contributed by atoms with Crippen LogP contribution in [0, 0.1) is 5.92 Å². The first-order valence-corrected chi connectivity index (χ1v) is 7.66. The Kier molecular flexibility index (Phi) is 8.77. The second-order valence-electron chi connectivity index (χ2n) is 5.08. The molecular formula is C13H28O3Si. The van der Waals surface area contributed by atoms with Crippen molar-refractivity contribution in [3.63, 3.8) is 0 Å². The minimum absolute atomic E-state index is 0.0670. The first-order valence-electron chi connectivity index (χ1n) is 6.27. The maximum absolute atomic E-state index is 5.95. The van der Waals surface area contributed by atoms with E-state index in [0.717, 1.165) is 6.42 Å². The van der Waals surface area contributed by atoms with Crippen LogP contribution >= 0.6 is 0 Å². The van der Waals surface area contributed by atoms with Crippen molar-refractivity contribution >= 4 is 9.76 Å². The topological polar surface area (TPSA) is 27.7 Å². The number of ether oxygens (including phenoxy) is 2. The Balaban J connectivity index is 3.82. The van der Waals surface area contributed by atoms with Crippen molar-refractivity contribution in [2.45, 2.75) is 51.5 Å². The summed E-state index contributed by atoms with van der Waals surface area (Å²) in [7, 11) is 2.52. The van der Waals surface area contributed by atoms with Crippen LogP contribution in [0.25, 0.3) is 0 Å². The van der Waals surface area contributed by atoms with Gasteiger partial charge in [0.15, 0.2) is 5.91 Å². The first kappa shape index (κ1) is 16.8. The first-order chi connectivity index (χ1) is 7.95. The van der Waals surface area contributed by atoms with Crippen LogP contribution in [0.3, 0.4) is 0 Å². The lowest BCUT2D eigenvalue weighted by Gasteiger charge is -2.28. The molecule has 0 spiro atoms. The Morgan fingerprint density at radius 2 is 1.88 bits per heavy atom. The highest BCUT2D eigenvalue weighted by Crippen LogP contribution is 2.20. The van der Waals surface area contributed by atoms with E-state index in [2.05, 4.69) is 27.4 Å². The van der Waals surface area contributed by atoms with Gasteiger partial charge in [-0.25, -0.2) is 0 Å². The lowest BCUT2D eigenvalue weighted by molar-refractivity contribution is -0.0606. The van der Waals surface area contributed by atoms with E-state index in [4.69, 9.17) is 13.9 Å². The summed E-state index contributed by atoms with van der Waals surface area (Å²) in [4.78, 5) is 0. The van der Waals surface area contributed by atoms with E-state index in [1.807, 2.05) is 6.08 Å². The van der Waals surface area contributed by atoms with Crippen LogP contribution in [-0.4, -0.2) is 35.5 Å². The minimum atomic E-state index is -0.796. The molecule has 0 aromatic heterocycles. The molecule has 1 atom stereocenters. The van der Waals surface area contributed by atoms with Crippen molar-refractivity contribution in [1.82, 2.24) is 0 Å². The van der Waals surface area contributed by atoms with Crippen molar-refractivity contribution < 1.29 is 13.9 Å². The Morgan fingerprint density at radius 3 is 2.35 bits per heavy atom. The van der Waals surface area contributed by atoms with Gasteiger partial charge in [0.05, 0.1) is 5.60 Å². The summed E-state index contributed by atoms with van der Waals surface area (Å²) >= 11 is 0. The number of rotatable bonds is 10. The van der Waals surface area contributed by atoms with Crippen molar-refractivity contribution in [2.75, 3.05) is 14.2 Å².